The minimum Gasteiger partial charge on any atom is -0.496 e. The number of rotatable bonds is 4. The van der Waals surface area contributed by atoms with Crippen LogP contribution in [0.4, 0.5) is 4.39 Å². The van der Waals surface area contributed by atoms with Gasteiger partial charge in [-0.1, -0.05) is 0 Å². The van der Waals surface area contributed by atoms with Crippen LogP contribution in [0.25, 0.3) is 0 Å². The second-order valence-corrected chi connectivity index (χ2v) is 4.96. The lowest BCUT2D eigenvalue weighted by molar-refractivity contribution is 0.404. The Morgan fingerprint density at radius 3 is 2.74 bits per heavy atom. The van der Waals surface area contributed by atoms with Gasteiger partial charge in [-0.25, -0.2) is 4.39 Å². The Bertz CT molecular complexity index is 577. The Kier molecular flexibility index (Phi) is 4.50. The zero-order valence-electron chi connectivity index (χ0n) is 10.7. The van der Waals surface area contributed by atoms with E-state index in [-0.39, 0.29) is 11.9 Å². The first kappa shape index (κ1) is 14.0. The minimum absolute atomic E-state index is 0.185. The third-order valence-electron chi connectivity index (χ3n) is 2.85. The number of hydrogen-bond donors (Lipinski definition) is 1. The summed E-state index contributed by atoms with van der Waals surface area (Å²) < 4.78 is 19.6. The fourth-order valence-electron chi connectivity index (χ4n) is 2.02. The normalized spacial score (nSPS) is 12.2. The second kappa shape index (κ2) is 6.12. The molecule has 0 radical (unpaired) electrons. The van der Waals surface area contributed by atoms with Gasteiger partial charge in [0.1, 0.15) is 11.6 Å². The van der Waals surface area contributed by atoms with Crippen molar-refractivity contribution >= 4 is 15.9 Å². The van der Waals surface area contributed by atoms with Gasteiger partial charge in [0.15, 0.2) is 0 Å². The Morgan fingerprint density at radius 2 is 2.11 bits per heavy atom. The van der Waals surface area contributed by atoms with Crippen LogP contribution < -0.4 is 10.1 Å². The second-order valence-electron chi connectivity index (χ2n) is 4.04. The Hall–Kier alpha value is -1.46. The Morgan fingerprint density at radius 1 is 1.32 bits per heavy atom. The molecule has 1 aromatic carbocycles. The highest BCUT2D eigenvalue weighted by molar-refractivity contribution is 9.10. The average molecular weight is 325 g/mol. The van der Waals surface area contributed by atoms with E-state index in [1.54, 1.807) is 25.6 Å². The minimum atomic E-state index is -0.293. The number of nitrogens with zero attached hydrogens (tertiary/aromatic N) is 1. The summed E-state index contributed by atoms with van der Waals surface area (Å²) in [6.07, 6.45) is 3.45. The maximum absolute atomic E-state index is 13.5. The number of benzene rings is 1. The van der Waals surface area contributed by atoms with Crippen molar-refractivity contribution in [3.05, 3.63) is 58.1 Å². The summed E-state index contributed by atoms with van der Waals surface area (Å²) in [7, 11) is 3.39. The predicted molar refractivity (Wildman–Crippen MR) is 75.8 cm³/mol. The van der Waals surface area contributed by atoms with Gasteiger partial charge >= 0.3 is 0 Å². The quantitative estimate of drug-likeness (QED) is 0.937. The maximum atomic E-state index is 13.5. The highest BCUT2D eigenvalue weighted by Crippen LogP contribution is 2.31. The van der Waals surface area contributed by atoms with Gasteiger partial charge in [0.05, 0.1) is 13.2 Å². The van der Waals surface area contributed by atoms with E-state index >= 15 is 0 Å². The van der Waals surface area contributed by atoms with Gasteiger partial charge in [-0.3, -0.25) is 4.98 Å². The zero-order chi connectivity index (χ0) is 13.8. The largest absolute Gasteiger partial charge is 0.496 e. The lowest BCUT2D eigenvalue weighted by Crippen LogP contribution is -2.19. The summed E-state index contributed by atoms with van der Waals surface area (Å²) in [5.41, 5.74) is 1.67. The van der Waals surface area contributed by atoms with E-state index in [9.17, 15) is 4.39 Å². The van der Waals surface area contributed by atoms with E-state index in [0.29, 0.717) is 5.75 Å². The number of pyridine rings is 1. The Labute approximate surface area is 119 Å². The van der Waals surface area contributed by atoms with E-state index in [1.165, 1.54) is 12.1 Å². The number of methoxy groups -OCH3 is 1. The van der Waals surface area contributed by atoms with Crippen LogP contribution in [-0.2, 0) is 0 Å². The molecule has 0 aliphatic rings. The molecule has 2 rings (SSSR count). The molecule has 1 atom stereocenters. The summed E-state index contributed by atoms with van der Waals surface area (Å²) in [4.78, 5) is 4.14. The van der Waals surface area contributed by atoms with Crippen molar-refractivity contribution in [3.8, 4) is 5.75 Å². The molecule has 0 saturated heterocycles. The van der Waals surface area contributed by atoms with Crippen LogP contribution in [0.15, 0.2) is 41.1 Å². The first-order chi connectivity index (χ1) is 9.15. The van der Waals surface area contributed by atoms with Crippen LogP contribution in [0, 0.1) is 5.82 Å². The number of nitrogens with one attached hydrogen (secondary N) is 1. The van der Waals surface area contributed by atoms with Crippen molar-refractivity contribution in [3.63, 3.8) is 0 Å². The van der Waals surface area contributed by atoms with Gasteiger partial charge in [-0.15, -0.1) is 0 Å². The molecule has 1 aromatic heterocycles. The monoisotopic (exact) mass is 324 g/mol. The molecule has 3 nitrogen and oxygen atoms in total. The first-order valence-corrected chi connectivity index (χ1v) is 6.56. The van der Waals surface area contributed by atoms with Crippen LogP contribution in [0.5, 0.6) is 5.75 Å². The Balaban J connectivity index is 2.50. The fraction of sp³-hybridized carbons (Fsp3) is 0.214. The molecule has 1 N–H and O–H groups in total. The van der Waals surface area contributed by atoms with Gasteiger partial charge in [0.2, 0.25) is 0 Å². The number of hydrogen-bond acceptors (Lipinski definition) is 3. The summed E-state index contributed by atoms with van der Waals surface area (Å²) in [6, 6.07) is 6.24. The zero-order valence-corrected chi connectivity index (χ0v) is 12.2. The van der Waals surface area contributed by atoms with Gasteiger partial charge < -0.3 is 10.1 Å². The van der Waals surface area contributed by atoms with Crippen LogP contribution in [0.3, 0.4) is 0 Å². The van der Waals surface area contributed by atoms with Crippen LogP contribution in [0.2, 0.25) is 0 Å². The molecule has 0 spiro atoms. The molecule has 1 heterocycles. The first-order valence-electron chi connectivity index (χ1n) is 5.77. The summed E-state index contributed by atoms with van der Waals surface area (Å²) in [6.45, 7) is 0. The van der Waals surface area contributed by atoms with Crippen LogP contribution in [-0.4, -0.2) is 19.1 Å². The van der Waals surface area contributed by atoms with Crippen molar-refractivity contribution in [1.82, 2.24) is 10.3 Å². The molecule has 100 valence electrons. The molecule has 0 aliphatic heterocycles. The molecule has 2 aromatic rings. The third-order valence-corrected chi connectivity index (χ3v) is 3.28. The molecule has 0 amide bonds. The van der Waals surface area contributed by atoms with Gasteiger partial charge in [-0.2, -0.15) is 0 Å². The summed E-state index contributed by atoms with van der Waals surface area (Å²) in [5, 5.41) is 3.16. The van der Waals surface area contributed by atoms with Crippen molar-refractivity contribution in [2.75, 3.05) is 14.2 Å². The molecule has 0 bridgehead atoms. The van der Waals surface area contributed by atoms with E-state index in [1.807, 2.05) is 13.1 Å². The lowest BCUT2D eigenvalue weighted by atomic mass is 9.99. The van der Waals surface area contributed by atoms with E-state index in [2.05, 4.69) is 26.2 Å². The number of ether oxygens (including phenoxy) is 1. The summed E-state index contributed by atoms with van der Waals surface area (Å²) >= 11 is 3.39. The third kappa shape index (κ3) is 3.11. The van der Waals surface area contributed by atoms with E-state index in [0.717, 1.165) is 15.6 Å². The summed E-state index contributed by atoms with van der Waals surface area (Å²) in [5.74, 6) is 0.347. The molecule has 0 fully saturated rings. The number of aromatic nitrogens is 1. The highest BCUT2D eigenvalue weighted by Gasteiger charge is 2.18. The topological polar surface area (TPSA) is 34.2 Å². The van der Waals surface area contributed by atoms with Crippen molar-refractivity contribution in [1.29, 1.82) is 0 Å². The van der Waals surface area contributed by atoms with Crippen LogP contribution in [0.1, 0.15) is 17.2 Å². The molecular weight excluding hydrogens is 311 g/mol. The van der Waals surface area contributed by atoms with Gasteiger partial charge in [-0.05, 0) is 52.8 Å². The molecule has 19 heavy (non-hydrogen) atoms. The lowest BCUT2D eigenvalue weighted by Gasteiger charge is -2.19. The fourth-order valence-corrected chi connectivity index (χ4v) is 2.40. The molecule has 0 saturated carbocycles. The standard InChI is InChI=1S/C14H14BrFN2O/c1-17-14(9-5-10(15)8-18-7-9)12-6-11(16)3-4-13(12)19-2/h3-8,14,17H,1-2H3. The predicted octanol–water partition coefficient (Wildman–Crippen LogP) is 3.30. The van der Waals surface area contributed by atoms with E-state index in [4.69, 9.17) is 4.74 Å². The van der Waals surface area contributed by atoms with Gasteiger partial charge in [0.25, 0.3) is 0 Å². The number of halogens is 2. The van der Waals surface area contributed by atoms with Gasteiger partial charge in [0, 0.05) is 22.4 Å². The molecule has 1 unspecified atom stereocenters. The SMILES string of the molecule is CNC(c1cncc(Br)c1)c1cc(F)ccc1OC. The van der Waals surface area contributed by atoms with Crippen molar-refractivity contribution in [2.45, 2.75) is 6.04 Å². The van der Waals surface area contributed by atoms with E-state index < -0.39 is 0 Å². The molecule has 0 aliphatic carbocycles. The van der Waals surface area contributed by atoms with Crippen molar-refractivity contribution in [2.24, 2.45) is 0 Å². The highest BCUT2D eigenvalue weighted by atomic mass is 79.9. The van der Waals surface area contributed by atoms with Crippen LogP contribution >= 0.6 is 15.9 Å². The molecular formula is C14H14BrFN2O. The smallest absolute Gasteiger partial charge is 0.124 e. The maximum Gasteiger partial charge on any atom is 0.124 e. The van der Waals surface area contributed by atoms with Crippen molar-refractivity contribution < 1.29 is 9.13 Å². The molecule has 5 heteroatoms. The average Bonchev–Trinajstić information content (AvgIpc) is 2.40.